The Morgan fingerprint density at radius 3 is 1.76 bits per heavy atom. The molecule has 0 saturated carbocycles. The van der Waals surface area contributed by atoms with E-state index in [1.165, 1.54) is 19.5 Å². The fourth-order valence-corrected chi connectivity index (χ4v) is 3.09. The van der Waals surface area contributed by atoms with Crippen LogP contribution in [0.25, 0.3) is 24.3 Å². The van der Waals surface area contributed by atoms with E-state index in [-0.39, 0.29) is 0 Å². The molecule has 2 rings (SSSR count). The maximum Gasteiger partial charge on any atom is 0.0277 e. The Morgan fingerprint density at radius 2 is 1.29 bits per heavy atom. The highest BCUT2D eigenvalue weighted by Crippen LogP contribution is 2.23. The highest BCUT2D eigenvalue weighted by Gasteiger charge is 1.95. The lowest BCUT2D eigenvalue weighted by atomic mass is 10.3. The first-order valence-corrected chi connectivity index (χ1v) is 7.08. The molecule has 0 aliphatic heterocycles. The minimum absolute atomic E-state index is 1.21. The summed E-state index contributed by atoms with van der Waals surface area (Å²) in [5.41, 5.74) is 0. The lowest BCUT2D eigenvalue weighted by Crippen LogP contribution is -1.57. The minimum atomic E-state index is 1.21. The molecule has 2 heterocycles. The van der Waals surface area contributed by atoms with Gasteiger partial charge in [-0.25, -0.2) is 0 Å². The van der Waals surface area contributed by atoms with Crippen LogP contribution in [0.5, 0.6) is 0 Å². The van der Waals surface area contributed by atoms with Crippen molar-refractivity contribution in [1.29, 1.82) is 0 Å². The quantitative estimate of drug-likeness (QED) is 0.664. The number of hydrogen-bond donors (Lipinski definition) is 0. The normalized spacial score (nSPS) is 11.6. The van der Waals surface area contributed by atoms with Crippen LogP contribution in [0.15, 0.2) is 36.9 Å². The van der Waals surface area contributed by atoms with Crippen LogP contribution < -0.4 is 0 Å². The van der Waals surface area contributed by atoms with E-state index in [1.807, 2.05) is 13.0 Å². The van der Waals surface area contributed by atoms with E-state index in [0.717, 1.165) is 0 Å². The molecular weight excluding hydrogens is 244 g/mol. The number of thiophene rings is 2. The lowest BCUT2D eigenvalue weighted by Gasteiger charge is -1.84. The summed E-state index contributed by atoms with van der Waals surface area (Å²) in [5, 5.41) is 0. The molecule has 86 valence electrons. The Morgan fingerprint density at radius 1 is 0.824 bits per heavy atom. The van der Waals surface area contributed by atoms with Gasteiger partial charge in [-0.2, -0.15) is 0 Å². The fourth-order valence-electron chi connectivity index (χ4n) is 1.44. The lowest BCUT2D eigenvalue weighted by molar-refractivity contribution is 1.78. The van der Waals surface area contributed by atoms with Gasteiger partial charge in [-0.1, -0.05) is 18.7 Å². The maximum atomic E-state index is 3.77. The van der Waals surface area contributed by atoms with Gasteiger partial charge in [0.05, 0.1) is 0 Å². The zero-order chi connectivity index (χ0) is 12.1. The summed E-state index contributed by atoms with van der Waals surface area (Å²) < 4.78 is 0. The van der Waals surface area contributed by atoms with Gasteiger partial charge in [-0.15, -0.1) is 22.7 Å². The fraction of sp³-hybridized carbons (Fsp3) is 0.0667. The summed E-state index contributed by atoms with van der Waals surface area (Å²) in [6.45, 7) is 5.81. The maximum absolute atomic E-state index is 3.77. The van der Waals surface area contributed by atoms with Crippen LogP contribution in [0.3, 0.4) is 0 Å². The predicted octanol–water partition coefficient (Wildman–Crippen LogP) is 5.66. The largest absolute Gasteiger partial charge is 0.137 e. The van der Waals surface area contributed by atoms with Crippen molar-refractivity contribution in [1.82, 2.24) is 0 Å². The van der Waals surface area contributed by atoms with Crippen molar-refractivity contribution in [3.05, 3.63) is 56.4 Å². The molecule has 0 radical (unpaired) electrons. The van der Waals surface area contributed by atoms with Gasteiger partial charge in [0.2, 0.25) is 0 Å². The van der Waals surface area contributed by atoms with Crippen molar-refractivity contribution in [2.24, 2.45) is 0 Å². The third-order valence-corrected chi connectivity index (χ3v) is 4.30. The first-order chi connectivity index (χ1) is 8.31. The molecule has 0 aliphatic rings. The highest BCUT2D eigenvalue weighted by atomic mass is 32.1. The second-order valence-corrected chi connectivity index (χ2v) is 5.81. The first-order valence-electron chi connectivity index (χ1n) is 5.44. The molecule has 0 N–H and O–H groups in total. The Labute approximate surface area is 110 Å². The van der Waals surface area contributed by atoms with E-state index in [1.54, 1.807) is 22.7 Å². The van der Waals surface area contributed by atoms with Crippen LogP contribution in [0, 0.1) is 0 Å². The monoisotopic (exact) mass is 258 g/mol. The molecule has 0 atom stereocenters. The first kappa shape index (κ1) is 12.1. The predicted molar refractivity (Wildman–Crippen MR) is 82.4 cm³/mol. The van der Waals surface area contributed by atoms with E-state index in [2.05, 4.69) is 55.1 Å². The molecule has 0 bridgehead atoms. The molecule has 0 fully saturated rings. The second-order valence-electron chi connectivity index (χ2n) is 3.52. The summed E-state index contributed by atoms with van der Waals surface area (Å²) in [5.74, 6) is 0. The van der Waals surface area contributed by atoms with Crippen LogP contribution in [-0.4, -0.2) is 0 Å². The van der Waals surface area contributed by atoms with Crippen molar-refractivity contribution >= 4 is 47.0 Å². The summed E-state index contributed by atoms with van der Waals surface area (Å²) in [6.07, 6.45) is 10.4. The minimum Gasteiger partial charge on any atom is -0.137 e. The molecule has 0 amide bonds. The summed E-state index contributed by atoms with van der Waals surface area (Å²) in [4.78, 5) is 5.06. The third-order valence-electron chi connectivity index (χ3n) is 2.24. The van der Waals surface area contributed by atoms with Crippen molar-refractivity contribution in [3.63, 3.8) is 0 Å². The molecule has 2 aromatic rings. The molecule has 0 unspecified atom stereocenters. The van der Waals surface area contributed by atoms with Crippen LogP contribution >= 0.6 is 22.7 Å². The third kappa shape index (κ3) is 3.29. The van der Waals surface area contributed by atoms with Gasteiger partial charge >= 0.3 is 0 Å². The molecule has 0 aliphatic carbocycles. The van der Waals surface area contributed by atoms with Gasteiger partial charge < -0.3 is 0 Å². The molecule has 17 heavy (non-hydrogen) atoms. The van der Waals surface area contributed by atoms with Crippen LogP contribution in [0.1, 0.15) is 26.4 Å². The Bertz CT molecular complexity index is 553. The number of allylic oxidation sites excluding steroid dienone is 1. The summed E-state index contributed by atoms with van der Waals surface area (Å²) in [6, 6.07) is 8.52. The second kappa shape index (κ2) is 5.80. The average Bonchev–Trinajstić information content (AvgIpc) is 2.95. The molecule has 2 aromatic heterocycles. The topological polar surface area (TPSA) is 0 Å². The SMILES string of the molecule is C=Cc1ccc(/C=C/c2ccc(/C=C/C)s2)s1. The molecular formula is C15H14S2. The van der Waals surface area contributed by atoms with Gasteiger partial charge in [-0.05, 0) is 49.4 Å². The van der Waals surface area contributed by atoms with Crippen LogP contribution in [0.4, 0.5) is 0 Å². The van der Waals surface area contributed by atoms with Gasteiger partial charge in [0.25, 0.3) is 0 Å². The van der Waals surface area contributed by atoms with Gasteiger partial charge in [-0.3, -0.25) is 0 Å². The van der Waals surface area contributed by atoms with Crippen molar-refractivity contribution in [2.45, 2.75) is 6.92 Å². The van der Waals surface area contributed by atoms with E-state index in [4.69, 9.17) is 0 Å². The van der Waals surface area contributed by atoms with E-state index in [9.17, 15) is 0 Å². The standard InChI is InChI=1S/C15H14S2/c1-3-5-13-8-9-15(17-13)11-10-14-7-6-12(4-2)16-14/h3-11H,2H2,1H3/b5-3+,11-10+. The molecule has 0 aromatic carbocycles. The van der Waals surface area contributed by atoms with Crippen molar-refractivity contribution < 1.29 is 0 Å². The molecule has 2 heteroatoms. The molecule has 0 saturated heterocycles. The highest BCUT2D eigenvalue weighted by molar-refractivity contribution is 7.14. The number of rotatable bonds is 4. The Hall–Kier alpha value is -1.38. The van der Waals surface area contributed by atoms with E-state index < -0.39 is 0 Å². The van der Waals surface area contributed by atoms with E-state index >= 15 is 0 Å². The van der Waals surface area contributed by atoms with Crippen molar-refractivity contribution in [3.8, 4) is 0 Å². The Kier molecular flexibility index (Phi) is 4.13. The van der Waals surface area contributed by atoms with E-state index in [0.29, 0.717) is 0 Å². The van der Waals surface area contributed by atoms with Gasteiger partial charge in [0.15, 0.2) is 0 Å². The van der Waals surface area contributed by atoms with Gasteiger partial charge in [0.1, 0.15) is 0 Å². The summed E-state index contributed by atoms with van der Waals surface area (Å²) >= 11 is 3.56. The molecule has 0 nitrogen and oxygen atoms in total. The zero-order valence-corrected chi connectivity index (χ0v) is 11.4. The van der Waals surface area contributed by atoms with Crippen LogP contribution in [0.2, 0.25) is 0 Å². The smallest absolute Gasteiger partial charge is 0.0277 e. The molecule has 0 spiro atoms. The summed E-state index contributed by atoms with van der Waals surface area (Å²) in [7, 11) is 0. The average molecular weight is 258 g/mol. The zero-order valence-electron chi connectivity index (χ0n) is 9.72. The number of hydrogen-bond acceptors (Lipinski definition) is 2. The Balaban J connectivity index is 2.11. The van der Waals surface area contributed by atoms with Crippen LogP contribution in [-0.2, 0) is 0 Å². The van der Waals surface area contributed by atoms with Gasteiger partial charge in [0, 0.05) is 19.5 Å². The van der Waals surface area contributed by atoms with Crippen molar-refractivity contribution in [2.75, 3.05) is 0 Å².